The lowest BCUT2D eigenvalue weighted by molar-refractivity contribution is -0.154. The van der Waals surface area contributed by atoms with E-state index in [0.717, 1.165) is 22.3 Å². The van der Waals surface area contributed by atoms with Gasteiger partial charge in [0.15, 0.2) is 0 Å². The fourth-order valence-corrected chi connectivity index (χ4v) is 2.00. The van der Waals surface area contributed by atoms with Gasteiger partial charge in [0.1, 0.15) is 13.2 Å². The molecule has 0 aliphatic heterocycles. The minimum absolute atomic E-state index is 0.176. The number of carbonyl (C=O) groups is 2. The summed E-state index contributed by atoms with van der Waals surface area (Å²) in [6.07, 6.45) is 0. The van der Waals surface area contributed by atoms with Gasteiger partial charge in [0, 0.05) is 0 Å². The molecule has 2 amide bonds. The van der Waals surface area contributed by atoms with E-state index >= 15 is 0 Å². The SMILES string of the molecule is Cc1ccccc1CONC(=O)C(=O)NOCc1ccccc1C. The van der Waals surface area contributed by atoms with Crippen LogP contribution in [0.3, 0.4) is 0 Å². The molecule has 6 heteroatoms. The smallest absolute Gasteiger partial charge is 0.268 e. The lowest BCUT2D eigenvalue weighted by Gasteiger charge is -2.09. The Labute approximate surface area is 140 Å². The maximum atomic E-state index is 11.6. The topological polar surface area (TPSA) is 76.7 Å². The van der Waals surface area contributed by atoms with Gasteiger partial charge >= 0.3 is 11.8 Å². The van der Waals surface area contributed by atoms with E-state index in [0.29, 0.717) is 0 Å². The zero-order valence-electron chi connectivity index (χ0n) is 13.7. The van der Waals surface area contributed by atoms with Crippen LogP contribution in [-0.4, -0.2) is 11.8 Å². The average molecular weight is 328 g/mol. The molecule has 0 fully saturated rings. The summed E-state index contributed by atoms with van der Waals surface area (Å²) in [5, 5.41) is 0. The second-order valence-electron chi connectivity index (χ2n) is 5.29. The van der Waals surface area contributed by atoms with E-state index in [4.69, 9.17) is 9.68 Å². The summed E-state index contributed by atoms with van der Waals surface area (Å²) < 4.78 is 0. The van der Waals surface area contributed by atoms with Gasteiger partial charge < -0.3 is 0 Å². The van der Waals surface area contributed by atoms with Crippen molar-refractivity contribution in [1.82, 2.24) is 11.0 Å². The summed E-state index contributed by atoms with van der Waals surface area (Å²) in [4.78, 5) is 33.3. The van der Waals surface area contributed by atoms with Crippen molar-refractivity contribution >= 4 is 11.8 Å². The van der Waals surface area contributed by atoms with Crippen LogP contribution in [0.1, 0.15) is 22.3 Å². The molecular weight excluding hydrogens is 308 g/mol. The van der Waals surface area contributed by atoms with E-state index in [1.165, 1.54) is 0 Å². The number of amides is 2. The van der Waals surface area contributed by atoms with Crippen molar-refractivity contribution in [3.63, 3.8) is 0 Å². The Balaban J connectivity index is 1.70. The molecule has 0 heterocycles. The molecule has 2 N–H and O–H groups in total. The fourth-order valence-electron chi connectivity index (χ4n) is 2.00. The van der Waals surface area contributed by atoms with Crippen LogP contribution in [0, 0.1) is 13.8 Å². The average Bonchev–Trinajstić information content (AvgIpc) is 2.58. The van der Waals surface area contributed by atoms with Crippen LogP contribution in [0.2, 0.25) is 0 Å². The summed E-state index contributed by atoms with van der Waals surface area (Å²) in [5.74, 6) is -1.85. The third-order valence-corrected chi connectivity index (χ3v) is 3.51. The van der Waals surface area contributed by atoms with Crippen LogP contribution in [-0.2, 0) is 32.5 Å². The molecule has 2 aromatic carbocycles. The number of rotatable bonds is 6. The molecule has 0 aliphatic rings. The van der Waals surface area contributed by atoms with Crippen LogP contribution in [0.15, 0.2) is 48.5 Å². The van der Waals surface area contributed by atoms with Crippen molar-refractivity contribution in [2.45, 2.75) is 27.1 Å². The molecule has 0 radical (unpaired) electrons. The largest absolute Gasteiger partial charge is 0.335 e. The number of hydrogen-bond donors (Lipinski definition) is 2. The maximum absolute atomic E-state index is 11.6. The lowest BCUT2D eigenvalue weighted by atomic mass is 10.1. The highest BCUT2D eigenvalue weighted by molar-refractivity contribution is 6.34. The van der Waals surface area contributed by atoms with Crippen LogP contribution in [0.25, 0.3) is 0 Å². The predicted molar refractivity (Wildman–Crippen MR) is 88.2 cm³/mol. The van der Waals surface area contributed by atoms with Crippen LogP contribution in [0.5, 0.6) is 0 Å². The molecule has 0 aromatic heterocycles. The first kappa shape index (κ1) is 17.7. The van der Waals surface area contributed by atoms with Crippen molar-refractivity contribution in [3.8, 4) is 0 Å². The molecule has 0 spiro atoms. The Bertz CT molecular complexity index is 654. The van der Waals surface area contributed by atoms with Crippen LogP contribution < -0.4 is 11.0 Å². The molecule has 0 saturated heterocycles. The van der Waals surface area contributed by atoms with Crippen molar-refractivity contribution < 1.29 is 19.3 Å². The van der Waals surface area contributed by atoms with Crippen molar-refractivity contribution in [1.29, 1.82) is 0 Å². The number of aryl methyl sites for hydroxylation is 2. The lowest BCUT2D eigenvalue weighted by Crippen LogP contribution is -2.39. The van der Waals surface area contributed by atoms with Gasteiger partial charge in [0.2, 0.25) is 0 Å². The highest BCUT2D eigenvalue weighted by Crippen LogP contribution is 2.08. The third-order valence-electron chi connectivity index (χ3n) is 3.51. The minimum Gasteiger partial charge on any atom is -0.268 e. The molecule has 2 rings (SSSR count). The summed E-state index contributed by atoms with van der Waals surface area (Å²) in [7, 11) is 0. The Morgan fingerprint density at radius 2 is 1.12 bits per heavy atom. The van der Waals surface area contributed by atoms with Gasteiger partial charge in [-0.1, -0.05) is 48.5 Å². The van der Waals surface area contributed by atoms with Gasteiger partial charge in [-0.15, -0.1) is 0 Å². The van der Waals surface area contributed by atoms with E-state index < -0.39 is 11.8 Å². The number of hydrogen-bond acceptors (Lipinski definition) is 4. The summed E-state index contributed by atoms with van der Waals surface area (Å²) in [6.45, 7) is 4.23. The van der Waals surface area contributed by atoms with Crippen LogP contribution in [0.4, 0.5) is 0 Å². The molecule has 0 atom stereocenters. The molecule has 24 heavy (non-hydrogen) atoms. The Morgan fingerprint density at radius 1 is 0.750 bits per heavy atom. The Hall–Kier alpha value is -2.70. The molecule has 126 valence electrons. The molecule has 6 nitrogen and oxygen atoms in total. The second-order valence-corrected chi connectivity index (χ2v) is 5.29. The summed E-state index contributed by atoms with van der Waals surface area (Å²) in [5.41, 5.74) is 8.10. The Kier molecular flexibility index (Phi) is 6.48. The van der Waals surface area contributed by atoms with Gasteiger partial charge in [0.05, 0.1) is 0 Å². The highest BCUT2D eigenvalue weighted by atomic mass is 16.7. The predicted octanol–water partition coefficient (Wildman–Crippen LogP) is 2.10. The monoisotopic (exact) mass is 328 g/mol. The molecule has 2 aromatic rings. The van der Waals surface area contributed by atoms with Crippen LogP contribution >= 0.6 is 0 Å². The number of hydroxylamine groups is 2. The van der Waals surface area contributed by atoms with E-state index in [1.807, 2.05) is 62.4 Å². The third kappa shape index (κ3) is 5.19. The quantitative estimate of drug-likeness (QED) is 0.629. The first-order chi connectivity index (χ1) is 11.6. The van der Waals surface area contributed by atoms with E-state index in [1.54, 1.807) is 0 Å². The van der Waals surface area contributed by atoms with Gasteiger partial charge in [-0.2, -0.15) is 0 Å². The highest BCUT2D eigenvalue weighted by Gasteiger charge is 2.14. The zero-order valence-corrected chi connectivity index (χ0v) is 13.7. The number of nitrogens with one attached hydrogen (secondary N) is 2. The number of benzene rings is 2. The van der Waals surface area contributed by atoms with E-state index in [9.17, 15) is 9.59 Å². The normalized spacial score (nSPS) is 10.2. The first-order valence-corrected chi connectivity index (χ1v) is 7.51. The summed E-state index contributed by atoms with van der Waals surface area (Å²) in [6, 6.07) is 15.2. The van der Waals surface area contributed by atoms with Crippen molar-refractivity contribution in [2.75, 3.05) is 0 Å². The van der Waals surface area contributed by atoms with Gasteiger partial charge in [-0.05, 0) is 36.1 Å². The van der Waals surface area contributed by atoms with E-state index in [2.05, 4.69) is 11.0 Å². The molecule has 0 saturated carbocycles. The molecule has 0 bridgehead atoms. The Morgan fingerprint density at radius 3 is 1.50 bits per heavy atom. The number of carbonyl (C=O) groups excluding carboxylic acids is 2. The van der Waals surface area contributed by atoms with Gasteiger partial charge in [-0.3, -0.25) is 19.3 Å². The van der Waals surface area contributed by atoms with Crippen molar-refractivity contribution in [2.24, 2.45) is 0 Å². The molecule has 0 unspecified atom stereocenters. The molecular formula is C18H20N2O4. The fraction of sp³-hybridized carbons (Fsp3) is 0.222. The second kappa shape index (κ2) is 8.81. The molecule has 0 aliphatic carbocycles. The van der Waals surface area contributed by atoms with Gasteiger partial charge in [-0.25, -0.2) is 11.0 Å². The minimum atomic E-state index is -0.923. The zero-order chi connectivity index (χ0) is 17.4. The van der Waals surface area contributed by atoms with Crippen molar-refractivity contribution in [3.05, 3.63) is 70.8 Å². The maximum Gasteiger partial charge on any atom is 0.335 e. The summed E-state index contributed by atoms with van der Waals surface area (Å²) >= 11 is 0. The van der Waals surface area contributed by atoms with Gasteiger partial charge in [0.25, 0.3) is 0 Å². The first-order valence-electron chi connectivity index (χ1n) is 7.51. The standard InChI is InChI=1S/C18H20N2O4/c1-13-7-3-5-9-15(13)11-23-19-17(21)18(22)20-24-12-16-10-6-4-8-14(16)2/h3-10H,11-12H2,1-2H3,(H,19,21)(H,20,22). The van der Waals surface area contributed by atoms with E-state index in [-0.39, 0.29) is 13.2 Å².